The molecule has 0 aromatic heterocycles. The first kappa shape index (κ1) is 28.4. The SMILES string of the molecule is Fc1ccc(C(c2ccc(F)cc2)N2CCN(CC=Cc3ccccc3)CC2)cc1.O=C(O)C=CC(=O)O. The lowest BCUT2D eigenvalue weighted by atomic mass is 9.96. The molecule has 1 heterocycles. The lowest BCUT2D eigenvalue weighted by Gasteiger charge is -2.39. The summed E-state index contributed by atoms with van der Waals surface area (Å²) in [5.74, 6) is -3.00. The molecule has 0 saturated carbocycles. The Hall–Kier alpha value is -4.14. The normalized spacial score (nSPS) is 14.5. The minimum absolute atomic E-state index is 0.00629. The minimum atomic E-state index is -1.26. The van der Waals surface area contributed by atoms with Crippen molar-refractivity contribution in [3.05, 3.63) is 125 Å². The summed E-state index contributed by atoms with van der Waals surface area (Å²) in [4.78, 5) is 23.9. The van der Waals surface area contributed by atoms with E-state index in [1.807, 2.05) is 42.5 Å². The molecule has 1 fully saturated rings. The Labute approximate surface area is 220 Å². The van der Waals surface area contributed by atoms with Gasteiger partial charge in [0.05, 0.1) is 6.04 Å². The zero-order valence-corrected chi connectivity index (χ0v) is 20.8. The predicted molar refractivity (Wildman–Crippen MR) is 143 cm³/mol. The summed E-state index contributed by atoms with van der Waals surface area (Å²) in [5, 5.41) is 15.6. The third kappa shape index (κ3) is 9.38. The maximum absolute atomic E-state index is 13.5. The number of aliphatic carboxylic acids is 2. The van der Waals surface area contributed by atoms with Gasteiger partial charge in [0.25, 0.3) is 0 Å². The van der Waals surface area contributed by atoms with Gasteiger partial charge in [0.2, 0.25) is 0 Å². The van der Waals surface area contributed by atoms with Crippen LogP contribution in [0, 0.1) is 11.6 Å². The van der Waals surface area contributed by atoms with Gasteiger partial charge in [0.1, 0.15) is 11.6 Å². The van der Waals surface area contributed by atoms with Crippen LogP contribution >= 0.6 is 0 Å². The number of carboxylic acids is 2. The highest BCUT2D eigenvalue weighted by molar-refractivity contribution is 5.89. The third-order valence-electron chi connectivity index (χ3n) is 5.99. The molecule has 2 N–H and O–H groups in total. The Morgan fingerprint density at radius 1 is 0.737 bits per heavy atom. The van der Waals surface area contributed by atoms with Gasteiger partial charge in [0.15, 0.2) is 0 Å². The fourth-order valence-corrected chi connectivity index (χ4v) is 4.15. The average molecular weight is 521 g/mol. The van der Waals surface area contributed by atoms with Gasteiger partial charge in [0, 0.05) is 44.9 Å². The van der Waals surface area contributed by atoms with Crippen molar-refractivity contribution in [2.45, 2.75) is 6.04 Å². The molecule has 0 unspecified atom stereocenters. The lowest BCUT2D eigenvalue weighted by Crippen LogP contribution is -2.47. The van der Waals surface area contributed by atoms with E-state index in [1.165, 1.54) is 29.8 Å². The molecule has 3 aromatic carbocycles. The number of carboxylic acid groups (broad SMARTS) is 2. The van der Waals surface area contributed by atoms with E-state index in [1.54, 1.807) is 0 Å². The van der Waals surface area contributed by atoms with Crippen molar-refractivity contribution in [3.8, 4) is 0 Å². The minimum Gasteiger partial charge on any atom is -0.478 e. The molecule has 38 heavy (non-hydrogen) atoms. The zero-order chi connectivity index (χ0) is 27.3. The topological polar surface area (TPSA) is 81.1 Å². The number of nitrogens with zero attached hydrogens (tertiary/aromatic N) is 2. The monoisotopic (exact) mass is 520 g/mol. The first-order valence-corrected chi connectivity index (χ1v) is 12.1. The maximum atomic E-state index is 13.5. The number of rotatable bonds is 8. The molecule has 0 spiro atoms. The standard InChI is InChI=1S/C26H26F2N2.C4H4O4/c27-24-12-8-22(9-13-24)26(23-10-14-25(28)15-11-23)30-19-17-29(18-20-30)16-4-7-21-5-2-1-3-6-21;5-3(6)1-2-4(7)8/h1-15,26H,16-20H2;1-2H,(H,5,6)(H,7,8). The van der Waals surface area contributed by atoms with Crippen LogP contribution in [0.1, 0.15) is 22.7 Å². The fraction of sp³-hybridized carbons (Fsp3) is 0.200. The van der Waals surface area contributed by atoms with Gasteiger partial charge in [-0.1, -0.05) is 66.7 Å². The number of piperazine rings is 1. The summed E-state index contributed by atoms with van der Waals surface area (Å²) >= 11 is 0. The number of carbonyl (C=O) groups is 2. The summed E-state index contributed by atoms with van der Waals surface area (Å²) in [5.41, 5.74) is 3.27. The Bertz CT molecular complexity index is 1160. The predicted octanol–water partition coefficient (Wildman–Crippen LogP) is 5.10. The van der Waals surface area contributed by atoms with Gasteiger partial charge in [-0.15, -0.1) is 0 Å². The molecular formula is C30H30F2N2O4. The first-order valence-electron chi connectivity index (χ1n) is 12.1. The maximum Gasteiger partial charge on any atom is 0.328 e. The molecule has 0 radical (unpaired) electrons. The number of benzene rings is 3. The molecular weight excluding hydrogens is 490 g/mol. The second-order valence-corrected chi connectivity index (χ2v) is 8.67. The smallest absolute Gasteiger partial charge is 0.328 e. The lowest BCUT2D eigenvalue weighted by molar-refractivity contribution is -0.134. The largest absolute Gasteiger partial charge is 0.478 e. The highest BCUT2D eigenvalue weighted by atomic mass is 19.1. The average Bonchev–Trinajstić information content (AvgIpc) is 2.92. The molecule has 0 bridgehead atoms. The van der Waals surface area contributed by atoms with E-state index < -0.39 is 11.9 Å². The molecule has 3 aromatic rings. The first-order chi connectivity index (χ1) is 18.3. The summed E-state index contributed by atoms with van der Waals surface area (Å²) in [6.45, 7) is 4.63. The van der Waals surface area contributed by atoms with Crippen LogP contribution in [0.3, 0.4) is 0 Å². The van der Waals surface area contributed by atoms with E-state index in [4.69, 9.17) is 10.2 Å². The van der Waals surface area contributed by atoms with Crippen molar-refractivity contribution in [1.29, 1.82) is 0 Å². The second-order valence-electron chi connectivity index (χ2n) is 8.67. The number of halogens is 2. The fourth-order valence-electron chi connectivity index (χ4n) is 4.15. The van der Waals surface area contributed by atoms with Crippen LogP contribution in [0.15, 0.2) is 97.1 Å². The summed E-state index contributed by atoms with van der Waals surface area (Å²) < 4.78 is 26.9. The van der Waals surface area contributed by atoms with Crippen LogP contribution in [-0.4, -0.2) is 64.7 Å². The van der Waals surface area contributed by atoms with Crippen LogP contribution in [0.25, 0.3) is 6.08 Å². The second kappa shape index (κ2) is 14.6. The van der Waals surface area contributed by atoms with Gasteiger partial charge in [-0.3, -0.25) is 9.80 Å². The van der Waals surface area contributed by atoms with Crippen LogP contribution in [0.4, 0.5) is 8.78 Å². The number of hydrogen-bond donors (Lipinski definition) is 2. The van der Waals surface area contributed by atoms with E-state index in [9.17, 15) is 18.4 Å². The molecule has 1 saturated heterocycles. The van der Waals surface area contributed by atoms with Crippen molar-refractivity contribution in [2.24, 2.45) is 0 Å². The van der Waals surface area contributed by atoms with Crippen LogP contribution < -0.4 is 0 Å². The molecule has 0 atom stereocenters. The molecule has 1 aliphatic rings. The third-order valence-corrected chi connectivity index (χ3v) is 5.99. The van der Waals surface area contributed by atoms with Crippen LogP contribution in [0.5, 0.6) is 0 Å². The van der Waals surface area contributed by atoms with Crippen molar-refractivity contribution < 1.29 is 28.6 Å². The quantitative estimate of drug-likeness (QED) is 0.403. The summed E-state index contributed by atoms with van der Waals surface area (Å²) in [6, 6.07) is 23.6. The Balaban J connectivity index is 0.000000436. The molecule has 8 heteroatoms. The van der Waals surface area contributed by atoms with Crippen molar-refractivity contribution in [1.82, 2.24) is 9.80 Å². The van der Waals surface area contributed by atoms with Crippen LogP contribution in [0.2, 0.25) is 0 Å². The van der Waals surface area contributed by atoms with E-state index in [2.05, 4.69) is 34.1 Å². The molecule has 1 aliphatic heterocycles. The van der Waals surface area contributed by atoms with Gasteiger partial charge < -0.3 is 10.2 Å². The highest BCUT2D eigenvalue weighted by Gasteiger charge is 2.26. The summed E-state index contributed by atoms with van der Waals surface area (Å²) in [7, 11) is 0. The van der Waals surface area contributed by atoms with Gasteiger partial charge in [-0.2, -0.15) is 0 Å². The number of hydrogen-bond acceptors (Lipinski definition) is 4. The Morgan fingerprint density at radius 2 is 1.21 bits per heavy atom. The van der Waals surface area contributed by atoms with Gasteiger partial charge in [-0.25, -0.2) is 18.4 Å². The van der Waals surface area contributed by atoms with E-state index in [-0.39, 0.29) is 17.7 Å². The van der Waals surface area contributed by atoms with E-state index >= 15 is 0 Å². The molecule has 198 valence electrons. The molecule has 6 nitrogen and oxygen atoms in total. The summed E-state index contributed by atoms with van der Waals surface area (Å²) in [6.07, 6.45) is 5.49. The van der Waals surface area contributed by atoms with E-state index in [0.29, 0.717) is 12.2 Å². The van der Waals surface area contributed by atoms with Crippen molar-refractivity contribution in [2.75, 3.05) is 32.7 Å². The molecule has 0 aliphatic carbocycles. The van der Waals surface area contributed by atoms with Crippen molar-refractivity contribution >= 4 is 18.0 Å². The Morgan fingerprint density at radius 3 is 1.66 bits per heavy atom. The van der Waals surface area contributed by atoms with E-state index in [0.717, 1.165) is 43.9 Å². The van der Waals surface area contributed by atoms with Gasteiger partial charge in [-0.05, 0) is 41.0 Å². The van der Waals surface area contributed by atoms with Crippen molar-refractivity contribution in [3.63, 3.8) is 0 Å². The Kier molecular flexibility index (Phi) is 10.9. The van der Waals surface area contributed by atoms with Crippen LogP contribution in [-0.2, 0) is 9.59 Å². The van der Waals surface area contributed by atoms with Gasteiger partial charge >= 0.3 is 11.9 Å². The molecule has 0 amide bonds. The zero-order valence-electron chi connectivity index (χ0n) is 20.8. The molecule has 4 rings (SSSR count). The highest BCUT2D eigenvalue weighted by Crippen LogP contribution is 2.30.